The number of halogens is 1. The monoisotopic (exact) mass is 412 g/mol. The average Bonchev–Trinajstić information content (AvgIpc) is 2.67. The summed E-state index contributed by atoms with van der Waals surface area (Å²) >= 11 is 0. The first-order valence-electron chi connectivity index (χ1n) is 8.97. The summed E-state index contributed by atoms with van der Waals surface area (Å²) in [6.07, 6.45) is 4.61. The van der Waals surface area contributed by atoms with Crippen LogP contribution in [-0.4, -0.2) is 24.5 Å². The molecule has 1 aromatic heterocycles. The molecule has 1 heterocycles. The number of nitrogens with zero attached hydrogens (tertiary/aromatic N) is 2. The molecule has 0 aliphatic carbocycles. The Morgan fingerprint density at radius 1 is 1.03 bits per heavy atom. The maximum atomic E-state index is 13.4. The molecule has 0 unspecified atom stereocenters. The van der Waals surface area contributed by atoms with E-state index in [-0.39, 0.29) is 10.5 Å². The summed E-state index contributed by atoms with van der Waals surface area (Å²) in [6, 6.07) is 12.0. The Morgan fingerprint density at radius 2 is 1.62 bits per heavy atom. The molecule has 5 nitrogen and oxygen atoms in total. The van der Waals surface area contributed by atoms with Gasteiger partial charge in [-0.2, -0.15) is 5.10 Å². The van der Waals surface area contributed by atoms with Crippen molar-refractivity contribution in [3.63, 3.8) is 0 Å². The normalized spacial score (nSPS) is 11.3. The van der Waals surface area contributed by atoms with Crippen LogP contribution in [0.2, 0.25) is 0 Å². The highest BCUT2D eigenvalue weighted by molar-refractivity contribution is 7.90. The van der Waals surface area contributed by atoms with Crippen molar-refractivity contribution >= 4 is 9.84 Å². The van der Waals surface area contributed by atoms with Gasteiger partial charge in [-0.3, -0.25) is 4.79 Å². The maximum Gasteiger partial charge on any atom is 0.275 e. The lowest BCUT2D eigenvalue weighted by molar-refractivity contribution is 0.602. The van der Waals surface area contributed by atoms with Gasteiger partial charge in [-0.15, -0.1) is 0 Å². The number of rotatable bonds is 5. The molecule has 0 spiro atoms. The Morgan fingerprint density at radius 3 is 2.17 bits per heavy atom. The fraction of sp³-hybridized carbons (Fsp3) is 0.182. The first kappa shape index (κ1) is 20.7. The zero-order valence-corrected chi connectivity index (χ0v) is 17.2. The third-order valence-corrected chi connectivity index (χ3v) is 5.57. The van der Waals surface area contributed by atoms with Gasteiger partial charge in [-0.1, -0.05) is 35.9 Å². The van der Waals surface area contributed by atoms with Gasteiger partial charge in [0.15, 0.2) is 9.84 Å². The van der Waals surface area contributed by atoms with Gasteiger partial charge in [-0.25, -0.2) is 17.5 Å². The van der Waals surface area contributed by atoms with E-state index in [0.717, 1.165) is 11.8 Å². The molecule has 3 rings (SSSR count). The Bertz CT molecular complexity index is 1220. The summed E-state index contributed by atoms with van der Waals surface area (Å²) in [5.74, 6) is -0.397. The quantitative estimate of drug-likeness (QED) is 0.592. The summed E-state index contributed by atoms with van der Waals surface area (Å²) in [5.41, 5.74) is 2.90. The van der Waals surface area contributed by atoms with Gasteiger partial charge in [0.2, 0.25) is 0 Å². The highest BCUT2D eigenvalue weighted by Gasteiger charge is 2.16. The minimum atomic E-state index is -3.33. The highest BCUT2D eigenvalue weighted by atomic mass is 32.2. The van der Waals surface area contributed by atoms with Crippen molar-refractivity contribution in [2.45, 2.75) is 25.3 Å². The predicted molar refractivity (Wildman–Crippen MR) is 112 cm³/mol. The minimum absolute atomic E-state index is 0.189. The van der Waals surface area contributed by atoms with Gasteiger partial charge < -0.3 is 0 Å². The molecule has 0 amide bonds. The third-order valence-electron chi connectivity index (χ3n) is 4.44. The zero-order valence-electron chi connectivity index (χ0n) is 16.4. The van der Waals surface area contributed by atoms with Crippen LogP contribution < -0.4 is 5.56 Å². The van der Waals surface area contributed by atoms with Crippen molar-refractivity contribution < 1.29 is 12.8 Å². The van der Waals surface area contributed by atoms with E-state index in [4.69, 9.17) is 0 Å². The summed E-state index contributed by atoms with van der Waals surface area (Å²) in [4.78, 5) is 13.4. The number of allylic oxidation sites excluding steroid dienone is 2. The molecule has 0 aliphatic rings. The van der Waals surface area contributed by atoms with Crippen molar-refractivity contribution in [2.75, 3.05) is 6.26 Å². The highest BCUT2D eigenvalue weighted by Crippen LogP contribution is 2.29. The maximum absolute atomic E-state index is 13.4. The molecule has 150 valence electrons. The smallest absolute Gasteiger partial charge is 0.267 e. The number of sulfone groups is 1. The molecule has 0 atom stereocenters. The predicted octanol–water partition coefficient (Wildman–Crippen LogP) is 4.09. The lowest BCUT2D eigenvalue weighted by Crippen LogP contribution is -2.24. The van der Waals surface area contributed by atoms with Crippen molar-refractivity contribution in [1.82, 2.24) is 9.78 Å². The van der Waals surface area contributed by atoms with Gasteiger partial charge in [0.25, 0.3) is 5.56 Å². The summed E-state index contributed by atoms with van der Waals surface area (Å²) < 4.78 is 38.2. The molecule has 0 fully saturated rings. The van der Waals surface area contributed by atoms with Gasteiger partial charge >= 0.3 is 0 Å². The van der Waals surface area contributed by atoms with E-state index < -0.39 is 15.7 Å². The van der Waals surface area contributed by atoms with E-state index in [2.05, 4.69) is 5.10 Å². The van der Waals surface area contributed by atoms with Crippen LogP contribution in [0.25, 0.3) is 22.3 Å². The van der Waals surface area contributed by atoms with Crippen LogP contribution in [0.4, 0.5) is 4.39 Å². The van der Waals surface area contributed by atoms with E-state index in [1.54, 1.807) is 30.5 Å². The van der Waals surface area contributed by atoms with Crippen LogP contribution >= 0.6 is 0 Å². The Balaban J connectivity index is 2.21. The molecule has 0 saturated heterocycles. The van der Waals surface area contributed by atoms with Crippen LogP contribution in [0, 0.1) is 5.82 Å². The lowest BCUT2D eigenvalue weighted by Gasteiger charge is -2.12. The summed E-state index contributed by atoms with van der Waals surface area (Å²) in [5, 5.41) is 4.27. The zero-order chi connectivity index (χ0) is 21.2. The second-order valence-electron chi connectivity index (χ2n) is 7.01. The summed E-state index contributed by atoms with van der Waals surface area (Å²) in [6.45, 7) is 4.19. The lowest BCUT2D eigenvalue weighted by atomic mass is 9.97. The van der Waals surface area contributed by atoms with E-state index >= 15 is 0 Å². The molecule has 7 heteroatoms. The first-order valence-corrected chi connectivity index (χ1v) is 10.9. The standard InChI is InChI=1S/C22H21FN2O3S/c1-15(2)12-13-25-22(26)21(17-4-8-18(23)9-5-17)20(14-24-25)16-6-10-19(11-7-16)29(3,27)28/h4-12,14H,13H2,1-3H3. The molecule has 2 aromatic carbocycles. The molecule has 3 aromatic rings. The number of benzene rings is 2. The SMILES string of the molecule is CC(C)=CCn1ncc(-c2ccc(S(C)(=O)=O)cc2)c(-c2ccc(F)cc2)c1=O. The van der Waals surface area contributed by atoms with Crippen molar-refractivity contribution in [3.05, 3.63) is 82.5 Å². The number of aromatic nitrogens is 2. The van der Waals surface area contributed by atoms with Gasteiger partial charge in [0.1, 0.15) is 5.82 Å². The Kier molecular flexibility index (Phi) is 5.79. The van der Waals surface area contributed by atoms with Gasteiger partial charge in [-0.05, 0) is 49.2 Å². The molecule has 0 bridgehead atoms. The molecule has 0 aliphatic heterocycles. The molecular weight excluding hydrogens is 391 g/mol. The fourth-order valence-electron chi connectivity index (χ4n) is 2.88. The largest absolute Gasteiger partial charge is 0.275 e. The number of hydrogen-bond donors (Lipinski definition) is 0. The van der Waals surface area contributed by atoms with Crippen molar-refractivity contribution in [1.29, 1.82) is 0 Å². The van der Waals surface area contributed by atoms with E-state index in [1.807, 2.05) is 19.9 Å². The minimum Gasteiger partial charge on any atom is -0.267 e. The number of hydrogen-bond acceptors (Lipinski definition) is 4. The Hall–Kier alpha value is -3.06. The molecule has 0 saturated carbocycles. The van der Waals surface area contributed by atoms with Crippen LogP contribution in [-0.2, 0) is 16.4 Å². The first-order chi connectivity index (χ1) is 13.7. The second kappa shape index (κ2) is 8.13. The summed E-state index contributed by atoms with van der Waals surface area (Å²) in [7, 11) is -3.33. The van der Waals surface area contributed by atoms with Crippen LogP contribution in [0.1, 0.15) is 13.8 Å². The average molecular weight is 412 g/mol. The molecule has 29 heavy (non-hydrogen) atoms. The van der Waals surface area contributed by atoms with Crippen molar-refractivity contribution in [2.24, 2.45) is 0 Å². The van der Waals surface area contributed by atoms with Crippen LogP contribution in [0.3, 0.4) is 0 Å². The van der Waals surface area contributed by atoms with Gasteiger partial charge in [0, 0.05) is 11.8 Å². The second-order valence-corrected chi connectivity index (χ2v) is 9.02. The molecule has 0 radical (unpaired) electrons. The fourth-order valence-corrected chi connectivity index (χ4v) is 3.51. The Labute approximate surface area is 169 Å². The van der Waals surface area contributed by atoms with E-state index in [1.165, 1.54) is 28.9 Å². The molecular formula is C22H21FN2O3S. The van der Waals surface area contributed by atoms with E-state index in [9.17, 15) is 17.6 Å². The topological polar surface area (TPSA) is 69.0 Å². The van der Waals surface area contributed by atoms with E-state index in [0.29, 0.717) is 28.8 Å². The van der Waals surface area contributed by atoms with Crippen LogP contribution in [0.5, 0.6) is 0 Å². The third kappa shape index (κ3) is 4.68. The van der Waals surface area contributed by atoms with Crippen LogP contribution in [0.15, 0.2) is 76.1 Å². The molecule has 0 N–H and O–H groups in total. The van der Waals surface area contributed by atoms with Gasteiger partial charge in [0.05, 0.1) is 23.2 Å². The van der Waals surface area contributed by atoms with Crippen molar-refractivity contribution in [3.8, 4) is 22.3 Å².